The smallest absolute Gasteiger partial charge is 0.0291 e. The minimum atomic E-state index is 0.468. The van der Waals surface area contributed by atoms with Crippen molar-refractivity contribution in [2.75, 3.05) is 6.54 Å². The van der Waals surface area contributed by atoms with Gasteiger partial charge in [0.25, 0.3) is 0 Å². The van der Waals surface area contributed by atoms with E-state index < -0.39 is 0 Å². The fourth-order valence-electron chi connectivity index (χ4n) is 2.38. The van der Waals surface area contributed by atoms with Crippen molar-refractivity contribution >= 4 is 0 Å². The quantitative estimate of drug-likeness (QED) is 0.594. The van der Waals surface area contributed by atoms with Crippen LogP contribution >= 0.6 is 0 Å². The molecule has 1 rings (SSSR count). The molecule has 19 heavy (non-hydrogen) atoms. The molecule has 1 unspecified atom stereocenters. The molecule has 1 nitrogen and oxygen atoms in total. The Kier molecular flexibility index (Phi) is 7.81. The van der Waals surface area contributed by atoms with Gasteiger partial charge in [-0.1, -0.05) is 57.2 Å². The van der Waals surface area contributed by atoms with Crippen LogP contribution in [0.4, 0.5) is 0 Å². The van der Waals surface area contributed by atoms with Crippen LogP contribution in [-0.4, -0.2) is 6.54 Å². The monoisotopic (exact) mass is 261 g/mol. The average molecular weight is 261 g/mol. The molecule has 0 amide bonds. The molecule has 0 aliphatic heterocycles. The lowest BCUT2D eigenvalue weighted by Crippen LogP contribution is -2.19. The van der Waals surface area contributed by atoms with Crippen LogP contribution in [0.25, 0.3) is 0 Å². The van der Waals surface area contributed by atoms with Crippen LogP contribution in [0.1, 0.15) is 75.1 Å². The van der Waals surface area contributed by atoms with Gasteiger partial charge < -0.3 is 5.32 Å². The molecule has 0 saturated heterocycles. The van der Waals surface area contributed by atoms with E-state index in [0.717, 1.165) is 6.54 Å². The molecule has 0 fully saturated rings. The number of nitrogens with one attached hydrogen (secondary N) is 1. The van der Waals surface area contributed by atoms with E-state index in [1.807, 2.05) is 0 Å². The Morgan fingerprint density at radius 2 is 1.63 bits per heavy atom. The summed E-state index contributed by atoms with van der Waals surface area (Å²) < 4.78 is 0. The van der Waals surface area contributed by atoms with Gasteiger partial charge in [-0.2, -0.15) is 0 Å². The highest BCUT2D eigenvalue weighted by atomic mass is 14.9. The highest BCUT2D eigenvalue weighted by molar-refractivity contribution is 5.31. The van der Waals surface area contributed by atoms with E-state index >= 15 is 0 Å². The first-order valence-electron chi connectivity index (χ1n) is 7.95. The Balaban J connectivity index is 2.20. The van der Waals surface area contributed by atoms with E-state index in [2.05, 4.69) is 51.2 Å². The van der Waals surface area contributed by atoms with Crippen LogP contribution in [0.15, 0.2) is 18.2 Å². The second-order valence-electron chi connectivity index (χ2n) is 5.79. The molecule has 108 valence electrons. The summed E-state index contributed by atoms with van der Waals surface area (Å²) >= 11 is 0. The lowest BCUT2D eigenvalue weighted by Gasteiger charge is -2.15. The van der Waals surface area contributed by atoms with Gasteiger partial charge in [0.2, 0.25) is 0 Å². The topological polar surface area (TPSA) is 12.0 Å². The molecule has 0 aliphatic rings. The number of unbranched alkanes of at least 4 members (excludes halogenated alkanes) is 5. The molecular formula is C18H31N. The van der Waals surface area contributed by atoms with E-state index in [4.69, 9.17) is 0 Å². The molecular weight excluding hydrogens is 230 g/mol. The van der Waals surface area contributed by atoms with Gasteiger partial charge in [0, 0.05) is 6.04 Å². The molecule has 0 aromatic heterocycles. The average Bonchev–Trinajstić information content (AvgIpc) is 2.40. The maximum atomic E-state index is 3.64. The molecule has 0 heterocycles. The highest BCUT2D eigenvalue weighted by Gasteiger charge is 2.05. The lowest BCUT2D eigenvalue weighted by molar-refractivity contribution is 0.527. The van der Waals surface area contributed by atoms with Crippen molar-refractivity contribution in [3.05, 3.63) is 34.9 Å². The molecule has 1 heteroatoms. The normalized spacial score (nSPS) is 12.6. The maximum Gasteiger partial charge on any atom is 0.0291 e. The molecule has 0 aliphatic carbocycles. The Labute approximate surface area is 119 Å². The van der Waals surface area contributed by atoms with Crippen molar-refractivity contribution in [1.82, 2.24) is 5.32 Å². The molecule has 0 spiro atoms. The Hall–Kier alpha value is -0.820. The molecule has 1 aromatic rings. The number of aryl methyl sites for hydroxylation is 2. The van der Waals surface area contributed by atoms with Crippen molar-refractivity contribution in [3.8, 4) is 0 Å². The molecule has 0 radical (unpaired) electrons. The number of hydrogen-bond acceptors (Lipinski definition) is 1. The van der Waals surface area contributed by atoms with Crippen LogP contribution in [-0.2, 0) is 0 Å². The predicted molar refractivity (Wildman–Crippen MR) is 85.7 cm³/mol. The summed E-state index contributed by atoms with van der Waals surface area (Å²) in [6, 6.07) is 7.26. The Morgan fingerprint density at radius 3 is 2.32 bits per heavy atom. The molecule has 1 atom stereocenters. The van der Waals surface area contributed by atoms with E-state index in [9.17, 15) is 0 Å². The van der Waals surface area contributed by atoms with Gasteiger partial charge in [0.1, 0.15) is 0 Å². The van der Waals surface area contributed by atoms with Crippen LogP contribution in [0.5, 0.6) is 0 Å². The summed E-state index contributed by atoms with van der Waals surface area (Å²) in [7, 11) is 0. The summed E-state index contributed by atoms with van der Waals surface area (Å²) in [6.07, 6.45) is 8.21. The third-order valence-corrected chi connectivity index (χ3v) is 4.01. The number of benzene rings is 1. The minimum Gasteiger partial charge on any atom is -0.310 e. The van der Waals surface area contributed by atoms with E-state index in [1.54, 1.807) is 0 Å². The van der Waals surface area contributed by atoms with Crippen molar-refractivity contribution in [2.45, 2.75) is 72.3 Å². The van der Waals surface area contributed by atoms with Crippen LogP contribution in [0.3, 0.4) is 0 Å². The predicted octanol–water partition coefficient (Wildman–Crippen LogP) is 5.31. The van der Waals surface area contributed by atoms with Gasteiger partial charge in [0.05, 0.1) is 0 Å². The zero-order valence-corrected chi connectivity index (χ0v) is 13.3. The largest absolute Gasteiger partial charge is 0.310 e. The van der Waals surface area contributed by atoms with Gasteiger partial charge in [-0.25, -0.2) is 0 Å². The van der Waals surface area contributed by atoms with Gasteiger partial charge in [-0.05, 0) is 50.4 Å². The third kappa shape index (κ3) is 6.24. The number of hydrogen-bond donors (Lipinski definition) is 1. The lowest BCUT2D eigenvalue weighted by atomic mass is 10.0. The summed E-state index contributed by atoms with van der Waals surface area (Å²) in [5.41, 5.74) is 4.19. The minimum absolute atomic E-state index is 0.468. The van der Waals surface area contributed by atoms with Crippen molar-refractivity contribution in [3.63, 3.8) is 0 Å². The maximum absolute atomic E-state index is 3.64. The zero-order valence-electron chi connectivity index (χ0n) is 13.3. The Bertz CT molecular complexity index is 357. The third-order valence-electron chi connectivity index (χ3n) is 4.01. The summed E-state index contributed by atoms with van der Waals surface area (Å²) in [5, 5.41) is 3.64. The van der Waals surface area contributed by atoms with Gasteiger partial charge >= 0.3 is 0 Å². The van der Waals surface area contributed by atoms with Crippen molar-refractivity contribution < 1.29 is 0 Å². The molecule has 0 saturated carbocycles. The SMILES string of the molecule is CCCCCCCCNC(C)c1ccc(C)c(C)c1. The standard InChI is InChI=1S/C18H31N/c1-5-6-7-8-9-10-13-19-17(4)18-12-11-15(2)16(3)14-18/h11-12,14,17,19H,5-10,13H2,1-4H3. The highest BCUT2D eigenvalue weighted by Crippen LogP contribution is 2.16. The van der Waals surface area contributed by atoms with Gasteiger partial charge in [-0.15, -0.1) is 0 Å². The molecule has 1 N–H and O–H groups in total. The second kappa shape index (κ2) is 9.14. The summed E-state index contributed by atoms with van der Waals surface area (Å²) in [5.74, 6) is 0. The Morgan fingerprint density at radius 1 is 0.947 bits per heavy atom. The van der Waals surface area contributed by atoms with Crippen LogP contribution < -0.4 is 5.32 Å². The first kappa shape index (κ1) is 16.2. The van der Waals surface area contributed by atoms with E-state index in [-0.39, 0.29) is 0 Å². The zero-order chi connectivity index (χ0) is 14.1. The second-order valence-corrected chi connectivity index (χ2v) is 5.79. The van der Waals surface area contributed by atoms with Crippen LogP contribution in [0, 0.1) is 13.8 Å². The summed E-state index contributed by atoms with van der Waals surface area (Å²) in [4.78, 5) is 0. The van der Waals surface area contributed by atoms with Crippen LogP contribution in [0.2, 0.25) is 0 Å². The van der Waals surface area contributed by atoms with Crippen molar-refractivity contribution in [1.29, 1.82) is 0 Å². The first-order chi connectivity index (χ1) is 9.15. The van der Waals surface area contributed by atoms with E-state index in [0.29, 0.717) is 6.04 Å². The molecule has 1 aromatic carbocycles. The fourth-order valence-corrected chi connectivity index (χ4v) is 2.38. The number of rotatable bonds is 9. The fraction of sp³-hybridized carbons (Fsp3) is 0.667. The van der Waals surface area contributed by atoms with E-state index in [1.165, 1.54) is 55.2 Å². The summed E-state index contributed by atoms with van der Waals surface area (Å²) in [6.45, 7) is 10.0. The first-order valence-corrected chi connectivity index (χ1v) is 7.95. The van der Waals surface area contributed by atoms with Gasteiger partial charge in [-0.3, -0.25) is 0 Å². The molecule has 0 bridgehead atoms. The van der Waals surface area contributed by atoms with Crippen molar-refractivity contribution in [2.24, 2.45) is 0 Å². The van der Waals surface area contributed by atoms with Gasteiger partial charge in [0.15, 0.2) is 0 Å².